The maximum atomic E-state index is 12.6. The van der Waals surface area contributed by atoms with Gasteiger partial charge in [0.1, 0.15) is 11.5 Å². The van der Waals surface area contributed by atoms with E-state index in [1.54, 1.807) is 13.0 Å². The zero-order chi connectivity index (χ0) is 23.2. The van der Waals surface area contributed by atoms with Gasteiger partial charge in [-0.2, -0.15) is 5.10 Å². The Morgan fingerprint density at radius 3 is 2.56 bits per heavy atom. The first kappa shape index (κ1) is 21.8. The molecule has 0 bridgehead atoms. The average molecular weight is 455 g/mol. The van der Waals surface area contributed by atoms with Crippen molar-refractivity contribution in [1.82, 2.24) is 14.8 Å². The van der Waals surface area contributed by atoms with Gasteiger partial charge < -0.3 is 9.63 Å². The van der Waals surface area contributed by atoms with Crippen molar-refractivity contribution < 1.29 is 24.0 Å². The molecule has 1 aromatic heterocycles. The molecule has 0 radical (unpaired) electrons. The second-order valence-corrected chi connectivity index (χ2v) is 8.75. The summed E-state index contributed by atoms with van der Waals surface area (Å²) in [6.45, 7) is 5.79. The molecule has 4 aromatic rings. The summed E-state index contributed by atoms with van der Waals surface area (Å²) in [4.78, 5) is 30.9. The minimum Gasteiger partial charge on any atom is -0.507 e. The van der Waals surface area contributed by atoms with Crippen molar-refractivity contribution >= 4 is 18.6 Å². The second kappa shape index (κ2) is 7.94. The summed E-state index contributed by atoms with van der Waals surface area (Å²) in [7, 11) is -4.81. The molecule has 0 aliphatic carbocycles. The predicted molar refractivity (Wildman–Crippen MR) is 120 cm³/mol. The van der Waals surface area contributed by atoms with Crippen LogP contribution >= 0.6 is 7.82 Å². The molecule has 0 aliphatic rings. The zero-order valence-electron chi connectivity index (χ0n) is 17.7. The number of phosphoric acid groups is 1. The second-order valence-electron chi connectivity index (χ2n) is 7.59. The van der Waals surface area contributed by atoms with Gasteiger partial charge >= 0.3 is 13.5 Å². The standard InChI is InChI=1S/C22H22N3O6P/c1-4-14-9-18(19(26)11-20(14)31-32(28,29)30)21-23-24-22(27)25(21)16-6-5-15-8-12(2)7-13(3)17(15)10-16/h5-11,26H,4H2,1-3H3,(H,24,27)(H2,28,29,30). The summed E-state index contributed by atoms with van der Waals surface area (Å²) >= 11 is 0. The fraction of sp³-hybridized carbons (Fsp3) is 0.182. The molecule has 32 heavy (non-hydrogen) atoms. The number of rotatable bonds is 5. The fourth-order valence-corrected chi connectivity index (χ4v) is 4.28. The van der Waals surface area contributed by atoms with Gasteiger partial charge in [0.2, 0.25) is 0 Å². The van der Waals surface area contributed by atoms with Crippen LogP contribution in [-0.2, 0) is 11.0 Å². The highest BCUT2D eigenvalue weighted by Crippen LogP contribution is 2.43. The van der Waals surface area contributed by atoms with E-state index in [4.69, 9.17) is 14.3 Å². The van der Waals surface area contributed by atoms with Crippen LogP contribution in [0, 0.1) is 13.8 Å². The Balaban J connectivity index is 1.90. The lowest BCUT2D eigenvalue weighted by Gasteiger charge is -2.14. The van der Waals surface area contributed by atoms with E-state index in [0.29, 0.717) is 17.7 Å². The number of aromatic nitrogens is 3. The number of hydrogen-bond donors (Lipinski definition) is 4. The largest absolute Gasteiger partial charge is 0.524 e. The molecule has 4 rings (SSSR count). The molecular weight excluding hydrogens is 433 g/mol. The molecular formula is C22H22N3O6P. The van der Waals surface area contributed by atoms with Gasteiger partial charge in [-0.25, -0.2) is 19.0 Å². The number of nitrogens with zero attached hydrogens (tertiary/aromatic N) is 2. The van der Waals surface area contributed by atoms with Gasteiger partial charge in [0, 0.05) is 6.07 Å². The van der Waals surface area contributed by atoms with Gasteiger partial charge in [0.15, 0.2) is 5.82 Å². The van der Waals surface area contributed by atoms with Crippen LogP contribution in [0.1, 0.15) is 23.6 Å². The number of H-pyrrole nitrogens is 1. The number of phosphoric ester groups is 1. The first-order valence-corrected chi connectivity index (χ1v) is 11.4. The van der Waals surface area contributed by atoms with E-state index in [-0.39, 0.29) is 22.9 Å². The first-order chi connectivity index (χ1) is 15.1. The van der Waals surface area contributed by atoms with Crippen LogP contribution < -0.4 is 10.2 Å². The Morgan fingerprint density at radius 2 is 1.88 bits per heavy atom. The number of phenols is 1. The third-order valence-corrected chi connectivity index (χ3v) is 5.67. The third kappa shape index (κ3) is 4.05. The number of aryl methyl sites for hydroxylation is 3. The van der Waals surface area contributed by atoms with Crippen molar-refractivity contribution in [1.29, 1.82) is 0 Å². The van der Waals surface area contributed by atoms with Crippen LogP contribution in [-0.4, -0.2) is 29.7 Å². The van der Waals surface area contributed by atoms with E-state index in [0.717, 1.165) is 28.0 Å². The van der Waals surface area contributed by atoms with E-state index >= 15 is 0 Å². The predicted octanol–water partition coefficient (Wildman–Crippen LogP) is 3.74. The van der Waals surface area contributed by atoms with Gasteiger partial charge in [0.05, 0.1) is 11.3 Å². The van der Waals surface area contributed by atoms with Crippen LogP contribution in [0.25, 0.3) is 27.8 Å². The highest BCUT2D eigenvalue weighted by molar-refractivity contribution is 7.46. The van der Waals surface area contributed by atoms with Crippen molar-refractivity contribution in [3.8, 4) is 28.6 Å². The summed E-state index contributed by atoms with van der Waals surface area (Å²) in [5, 5.41) is 19.1. The van der Waals surface area contributed by atoms with Crippen LogP contribution in [0.2, 0.25) is 0 Å². The fourth-order valence-electron chi connectivity index (χ4n) is 3.86. The Morgan fingerprint density at radius 1 is 1.12 bits per heavy atom. The Bertz CT molecular complexity index is 1450. The molecule has 4 N–H and O–H groups in total. The van der Waals surface area contributed by atoms with Gasteiger partial charge in [-0.3, -0.25) is 9.79 Å². The summed E-state index contributed by atoms with van der Waals surface area (Å²) in [5.41, 5.74) is 2.93. The molecule has 3 aromatic carbocycles. The van der Waals surface area contributed by atoms with E-state index in [2.05, 4.69) is 22.3 Å². The number of benzene rings is 3. The zero-order valence-corrected chi connectivity index (χ0v) is 18.6. The molecule has 0 spiro atoms. The first-order valence-electron chi connectivity index (χ1n) is 9.87. The van der Waals surface area contributed by atoms with Crippen molar-refractivity contribution in [3.05, 3.63) is 69.6 Å². The lowest BCUT2D eigenvalue weighted by atomic mass is 10.0. The number of fused-ring (bicyclic) bond motifs is 1. The molecule has 1 heterocycles. The number of hydrogen-bond acceptors (Lipinski definition) is 5. The highest BCUT2D eigenvalue weighted by atomic mass is 31.2. The van der Waals surface area contributed by atoms with Gasteiger partial charge in [-0.1, -0.05) is 30.7 Å². The van der Waals surface area contributed by atoms with Crippen molar-refractivity contribution in [2.45, 2.75) is 27.2 Å². The third-order valence-electron chi connectivity index (χ3n) is 5.24. The maximum Gasteiger partial charge on any atom is 0.524 e. The molecule has 0 saturated heterocycles. The van der Waals surface area contributed by atoms with Crippen LogP contribution in [0.3, 0.4) is 0 Å². The smallest absolute Gasteiger partial charge is 0.507 e. The lowest BCUT2D eigenvalue weighted by Crippen LogP contribution is -2.15. The molecule has 0 unspecified atom stereocenters. The summed E-state index contributed by atoms with van der Waals surface area (Å²) in [6.07, 6.45) is 0.367. The SMILES string of the molecule is CCc1cc(-c2n[nH]c(=O)n2-c2ccc3cc(C)cc(C)c3c2)c(O)cc1OP(=O)(O)O. The molecule has 0 aliphatic heterocycles. The Hall–Kier alpha value is -3.39. The summed E-state index contributed by atoms with van der Waals surface area (Å²) in [6, 6.07) is 12.3. The van der Waals surface area contributed by atoms with E-state index in [1.165, 1.54) is 10.6 Å². The quantitative estimate of drug-likeness (QED) is 0.336. The molecule has 9 nitrogen and oxygen atoms in total. The number of nitrogens with one attached hydrogen (secondary N) is 1. The molecule has 0 amide bonds. The van der Waals surface area contributed by atoms with Crippen LogP contribution in [0.5, 0.6) is 11.5 Å². The molecule has 166 valence electrons. The van der Waals surface area contributed by atoms with Gasteiger partial charge in [-0.05, 0) is 60.4 Å². The normalized spacial score (nSPS) is 11.8. The monoisotopic (exact) mass is 455 g/mol. The van der Waals surface area contributed by atoms with Crippen molar-refractivity contribution in [2.24, 2.45) is 0 Å². The van der Waals surface area contributed by atoms with E-state index in [9.17, 15) is 14.5 Å². The van der Waals surface area contributed by atoms with Crippen LogP contribution in [0.4, 0.5) is 0 Å². The molecule has 0 saturated carbocycles. The summed E-state index contributed by atoms with van der Waals surface area (Å²) in [5.74, 6) is -0.309. The lowest BCUT2D eigenvalue weighted by molar-refractivity contribution is 0.282. The Kier molecular flexibility index (Phi) is 5.42. The van der Waals surface area contributed by atoms with Crippen molar-refractivity contribution in [2.75, 3.05) is 0 Å². The summed E-state index contributed by atoms with van der Waals surface area (Å²) < 4.78 is 17.3. The van der Waals surface area contributed by atoms with Gasteiger partial charge in [0.25, 0.3) is 0 Å². The van der Waals surface area contributed by atoms with Gasteiger partial charge in [-0.15, -0.1) is 0 Å². The van der Waals surface area contributed by atoms with Crippen molar-refractivity contribution in [3.63, 3.8) is 0 Å². The molecule has 0 atom stereocenters. The number of aromatic amines is 1. The Labute approximate surface area is 183 Å². The molecule has 10 heteroatoms. The topological polar surface area (TPSA) is 138 Å². The highest BCUT2D eigenvalue weighted by Gasteiger charge is 2.23. The molecule has 0 fully saturated rings. The van der Waals surface area contributed by atoms with E-state index < -0.39 is 13.5 Å². The average Bonchev–Trinajstić information content (AvgIpc) is 3.08. The minimum absolute atomic E-state index is 0.136. The van der Waals surface area contributed by atoms with E-state index in [1.807, 2.05) is 26.0 Å². The van der Waals surface area contributed by atoms with Crippen LogP contribution in [0.15, 0.2) is 47.3 Å². The minimum atomic E-state index is -4.81. The maximum absolute atomic E-state index is 12.6. The number of aromatic hydroxyl groups is 1. The number of phenolic OH excluding ortho intramolecular Hbond substituents is 1.